The van der Waals surface area contributed by atoms with Gasteiger partial charge in [-0.25, -0.2) is 0 Å². The van der Waals surface area contributed by atoms with Gasteiger partial charge in [0.15, 0.2) is 0 Å². The fraction of sp³-hybridized carbons (Fsp3) is 0.308. The lowest BCUT2D eigenvalue weighted by Gasteiger charge is -2.19. The molecule has 0 aliphatic carbocycles. The van der Waals surface area contributed by atoms with Gasteiger partial charge in [-0.05, 0) is 37.2 Å². The van der Waals surface area contributed by atoms with Crippen LogP contribution < -0.4 is 5.32 Å². The molecule has 0 aliphatic rings. The van der Waals surface area contributed by atoms with Gasteiger partial charge in [0.25, 0.3) is 0 Å². The van der Waals surface area contributed by atoms with E-state index in [2.05, 4.69) is 16.5 Å². The van der Waals surface area contributed by atoms with Crippen molar-refractivity contribution in [1.82, 2.24) is 15.1 Å². The maximum atomic E-state index is 6.17. The molecule has 0 spiro atoms. The van der Waals surface area contributed by atoms with E-state index in [1.165, 1.54) is 5.56 Å². The van der Waals surface area contributed by atoms with E-state index >= 15 is 0 Å². The standard InChI is InChI=1S/C13H16ClN3/c1-9-10(5-4-6-11(9)14)13(15-2)12-7-8-16-17(12)3/h4-8,13,15H,1-3H3. The molecule has 1 heterocycles. The molecule has 0 saturated carbocycles. The fourth-order valence-corrected chi connectivity index (χ4v) is 2.25. The number of benzene rings is 1. The molecule has 1 N–H and O–H groups in total. The van der Waals surface area contributed by atoms with E-state index in [9.17, 15) is 0 Å². The molecule has 1 aromatic carbocycles. The molecule has 90 valence electrons. The largest absolute Gasteiger partial charge is 0.308 e. The SMILES string of the molecule is CNC(c1cccc(Cl)c1C)c1ccnn1C. The van der Waals surface area contributed by atoms with Crippen LogP contribution in [0, 0.1) is 6.92 Å². The van der Waals surface area contributed by atoms with E-state index in [1.807, 2.05) is 43.9 Å². The summed E-state index contributed by atoms with van der Waals surface area (Å²) in [4.78, 5) is 0. The van der Waals surface area contributed by atoms with Crippen LogP contribution in [0.15, 0.2) is 30.5 Å². The number of halogens is 1. The van der Waals surface area contributed by atoms with Gasteiger partial charge in [-0.1, -0.05) is 23.7 Å². The third kappa shape index (κ3) is 2.21. The Kier molecular flexibility index (Phi) is 3.50. The predicted octanol–water partition coefficient (Wildman–Crippen LogP) is 2.69. The highest BCUT2D eigenvalue weighted by Gasteiger charge is 2.17. The zero-order valence-corrected chi connectivity index (χ0v) is 11.0. The minimum Gasteiger partial charge on any atom is -0.308 e. The van der Waals surface area contributed by atoms with Crippen molar-refractivity contribution in [3.8, 4) is 0 Å². The summed E-state index contributed by atoms with van der Waals surface area (Å²) in [5.74, 6) is 0. The highest BCUT2D eigenvalue weighted by Crippen LogP contribution is 2.28. The maximum absolute atomic E-state index is 6.17. The second-order valence-corrected chi connectivity index (χ2v) is 4.46. The summed E-state index contributed by atoms with van der Waals surface area (Å²) in [6.07, 6.45) is 1.81. The van der Waals surface area contributed by atoms with Gasteiger partial charge in [-0.3, -0.25) is 4.68 Å². The minimum atomic E-state index is 0.112. The first-order valence-corrected chi connectivity index (χ1v) is 5.93. The third-order valence-electron chi connectivity index (χ3n) is 3.06. The number of hydrogen-bond acceptors (Lipinski definition) is 2. The number of rotatable bonds is 3. The zero-order valence-electron chi connectivity index (χ0n) is 10.2. The van der Waals surface area contributed by atoms with Crippen LogP contribution in [0.25, 0.3) is 0 Å². The maximum Gasteiger partial charge on any atom is 0.0748 e. The molecule has 1 unspecified atom stereocenters. The first-order valence-electron chi connectivity index (χ1n) is 5.55. The predicted molar refractivity (Wildman–Crippen MR) is 70.3 cm³/mol. The monoisotopic (exact) mass is 249 g/mol. The van der Waals surface area contributed by atoms with Crippen LogP contribution in [-0.2, 0) is 7.05 Å². The molecule has 1 aromatic heterocycles. The topological polar surface area (TPSA) is 29.9 Å². The van der Waals surface area contributed by atoms with Gasteiger partial charge in [-0.15, -0.1) is 0 Å². The molecule has 3 nitrogen and oxygen atoms in total. The Hall–Kier alpha value is -1.32. The molecule has 4 heteroatoms. The lowest BCUT2D eigenvalue weighted by atomic mass is 9.99. The molecule has 2 rings (SSSR count). The lowest BCUT2D eigenvalue weighted by molar-refractivity contribution is 0.604. The van der Waals surface area contributed by atoms with E-state index in [0.29, 0.717) is 0 Å². The molecule has 0 aliphatic heterocycles. The summed E-state index contributed by atoms with van der Waals surface area (Å²) in [7, 11) is 3.89. The van der Waals surface area contributed by atoms with Crippen LogP contribution in [-0.4, -0.2) is 16.8 Å². The molecular formula is C13H16ClN3. The van der Waals surface area contributed by atoms with Crippen LogP contribution in [0.4, 0.5) is 0 Å². The summed E-state index contributed by atoms with van der Waals surface area (Å²) in [5.41, 5.74) is 3.41. The van der Waals surface area contributed by atoms with Crippen LogP contribution in [0.5, 0.6) is 0 Å². The van der Waals surface area contributed by atoms with Gasteiger partial charge in [0.05, 0.1) is 11.7 Å². The van der Waals surface area contributed by atoms with Gasteiger partial charge in [-0.2, -0.15) is 5.10 Å². The first-order chi connectivity index (χ1) is 8.15. The van der Waals surface area contributed by atoms with Crippen molar-refractivity contribution in [3.05, 3.63) is 52.3 Å². The van der Waals surface area contributed by atoms with Gasteiger partial charge in [0, 0.05) is 18.3 Å². The summed E-state index contributed by atoms with van der Waals surface area (Å²) >= 11 is 6.17. The molecule has 1 atom stereocenters. The Labute approximate surface area is 106 Å². The van der Waals surface area contributed by atoms with Crippen LogP contribution >= 0.6 is 11.6 Å². The Balaban J connectivity index is 2.50. The number of aryl methyl sites for hydroxylation is 1. The Morgan fingerprint density at radius 2 is 2.12 bits per heavy atom. The number of aromatic nitrogens is 2. The van der Waals surface area contributed by atoms with E-state index < -0.39 is 0 Å². The summed E-state index contributed by atoms with van der Waals surface area (Å²) in [6, 6.07) is 8.11. The van der Waals surface area contributed by atoms with Crippen LogP contribution in [0.3, 0.4) is 0 Å². The molecule has 2 aromatic rings. The Morgan fingerprint density at radius 3 is 2.71 bits per heavy atom. The number of nitrogens with one attached hydrogen (secondary N) is 1. The Morgan fingerprint density at radius 1 is 1.35 bits per heavy atom. The number of hydrogen-bond donors (Lipinski definition) is 1. The average molecular weight is 250 g/mol. The van der Waals surface area contributed by atoms with Gasteiger partial charge in [0.2, 0.25) is 0 Å². The van der Waals surface area contributed by atoms with E-state index in [4.69, 9.17) is 11.6 Å². The number of nitrogens with zero attached hydrogens (tertiary/aromatic N) is 2. The molecule has 0 amide bonds. The second kappa shape index (κ2) is 4.90. The van der Waals surface area contributed by atoms with Crippen molar-refractivity contribution in [2.75, 3.05) is 7.05 Å². The average Bonchev–Trinajstić information content (AvgIpc) is 2.72. The van der Waals surface area contributed by atoms with Crippen molar-refractivity contribution in [3.63, 3.8) is 0 Å². The van der Waals surface area contributed by atoms with Crippen LogP contribution in [0.2, 0.25) is 5.02 Å². The first kappa shape index (κ1) is 12.1. The second-order valence-electron chi connectivity index (χ2n) is 4.06. The van der Waals surface area contributed by atoms with Gasteiger partial charge in [0.1, 0.15) is 0 Å². The quantitative estimate of drug-likeness (QED) is 0.907. The smallest absolute Gasteiger partial charge is 0.0748 e. The zero-order chi connectivity index (χ0) is 12.4. The van der Waals surface area contributed by atoms with Crippen molar-refractivity contribution in [1.29, 1.82) is 0 Å². The Bertz CT molecular complexity index is 519. The van der Waals surface area contributed by atoms with Crippen LogP contribution in [0.1, 0.15) is 22.9 Å². The summed E-state index contributed by atoms with van der Waals surface area (Å²) < 4.78 is 1.88. The van der Waals surface area contributed by atoms with E-state index in [-0.39, 0.29) is 6.04 Å². The van der Waals surface area contributed by atoms with E-state index in [0.717, 1.165) is 16.3 Å². The highest BCUT2D eigenvalue weighted by molar-refractivity contribution is 6.31. The lowest BCUT2D eigenvalue weighted by Crippen LogP contribution is -2.21. The summed E-state index contributed by atoms with van der Waals surface area (Å²) in [6.45, 7) is 2.04. The van der Waals surface area contributed by atoms with Crippen molar-refractivity contribution >= 4 is 11.6 Å². The van der Waals surface area contributed by atoms with E-state index in [1.54, 1.807) is 6.20 Å². The van der Waals surface area contributed by atoms with Gasteiger partial charge >= 0.3 is 0 Å². The minimum absolute atomic E-state index is 0.112. The van der Waals surface area contributed by atoms with Crippen molar-refractivity contribution in [2.45, 2.75) is 13.0 Å². The normalized spacial score (nSPS) is 12.7. The van der Waals surface area contributed by atoms with Gasteiger partial charge < -0.3 is 5.32 Å². The fourth-order valence-electron chi connectivity index (χ4n) is 2.07. The highest BCUT2D eigenvalue weighted by atomic mass is 35.5. The summed E-state index contributed by atoms with van der Waals surface area (Å²) in [5, 5.41) is 8.31. The molecule has 0 fully saturated rings. The molecule has 0 bridgehead atoms. The molecule has 0 radical (unpaired) electrons. The molecule has 17 heavy (non-hydrogen) atoms. The van der Waals surface area contributed by atoms with Crippen molar-refractivity contribution < 1.29 is 0 Å². The molecular weight excluding hydrogens is 234 g/mol. The third-order valence-corrected chi connectivity index (χ3v) is 3.47. The molecule has 0 saturated heterocycles. The van der Waals surface area contributed by atoms with Crippen molar-refractivity contribution in [2.24, 2.45) is 7.05 Å².